The van der Waals surface area contributed by atoms with Crippen molar-refractivity contribution in [3.05, 3.63) is 47.0 Å². The predicted octanol–water partition coefficient (Wildman–Crippen LogP) is 2.49. The first-order valence-electron chi connectivity index (χ1n) is 11.1. The first-order valence-corrected chi connectivity index (χ1v) is 11.1. The Bertz CT molecular complexity index is 1080. The van der Waals surface area contributed by atoms with Crippen LogP contribution in [-0.4, -0.2) is 83.4 Å². The van der Waals surface area contributed by atoms with E-state index < -0.39 is 12.0 Å². The van der Waals surface area contributed by atoms with Gasteiger partial charge in [-0.05, 0) is 35.4 Å². The van der Waals surface area contributed by atoms with Gasteiger partial charge in [-0.15, -0.1) is 0 Å². The van der Waals surface area contributed by atoms with Gasteiger partial charge in [0.15, 0.2) is 23.0 Å². The Morgan fingerprint density at radius 1 is 0.882 bits per heavy atom. The molecule has 2 aliphatic heterocycles. The van der Waals surface area contributed by atoms with Crippen molar-refractivity contribution in [3.8, 4) is 23.0 Å². The lowest BCUT2D eigenvalue weighted by molar-refractivity contribution is -0.138. The van der Waals surface area contributed by atoms with Gasteiger partial charge in [0.05, 0.1) is 53.6 Å². The van der Waals surface area contributed by atoms with Gasteiger partial charge in [-0.2, -0.15) is 0 Å². The van der Waals surface area contributed by atoms with Crippen LogP contribution in [-0.2, 0) is 9.53 Å². The molecule has 4 rings (SSSR count). The van der Waals surface area contributed by atoms with Crippen molar-refractivity contribution >= 4 is 11.8 Å². The zero-order valence-corrected chi connectivity index (χ0v) is 20.1. The van der Waals surface area contributed by atoms with E-state index >= 15 is 0 Å². The van der Waals surface area contributed by atoms with E-state index in [1.807, 2.05) is 12.1 Å². The number of carbonyl (C=O) groups is 2. The molecule has 2 aromatic rings. The molecular weight excluding hydrogens is 440 g/mol. The van der Waals surface area contributed by atoms with E-state index in [2.05, 4.69) is 0 Å². The molecule has 0 saturated carbocycles. The number of fused-ring (bicyclic) bond motifs is 1. The van der Waals surface area contributed by atoms with Gasteiger partial charge in [0.25, 0.3) is 5.91 Å². The summed E-state index contributed by atoms with van der Waals surface area (Å²) in [4.78, 5) is 30.9. The Balaban J connectivity index is 1.91. The van der Waals surface area contributed by atoms with Crippen molar-refractivity contribution < 1.29 is 33.3 Å². The van der Waals surface area contributed by atoms with Gasteiger partial charge in [-0.3, -0.25) is 9.59 Å². The van der Waals surface area contributed by atoms with Gasteiger partial charge in [0, 0.05) is 25.7 Å². The summed E-state index contributed by atoms with van der Waals surface area (Å²) in [6.45, 7) is 1.95. The molecule has 1 saturated heterocycles. The Morgan fingerprint density at radius 3 is 2.09 bits per heavy atom. The van der Waals surface area contributed by atoms with Gasteiger partial charge in [0.2, 0.25) is 5.91 Å². The highest BCUT2D eigenvalue weighted by Crippen LogP contribution is 2.47. The summed E-state index contributed by atoms with van der Waals surface area (Å²) in [7, 11) is 7.88. The van der Waals surface area contributed by atoms with Crippen molar-refractivity contribution in [1.29, 1.82) is 0 Å². The molecule has 0 spiro atoms. The van der Waals surface area contributed by atoms with Crippen LogP contribution in [0.25, 0.3) is 0 Å². The number of amides is 2. The summed E-state index contributed by atoms with van der Waals surface area (Å²) in [6, 6.07) is 8.30. The second-order valence-corrected chi connectivity index (χ2v) is 8.19. The maximum absolute atomic E-state index is 14.0. The molecule has 0 radical (unpaired) electrons. The molecule has 9 heteroatoms. The zero-order chi connectivity index (χ0) is 24.4. The summed E-state index contributed by atoms with van der Waals surface area (Å²) in [6.07, 6.45) is 0. The fourth-order valence-electron chi connectivity index (χ4n) is 4.75. The highest BCUT2D eigenvalue weighted by molar-refractivity contribution is 6.02. The number of methoxy groups -OCH3 is 4. The molecule has 0 aromatic heterocycles. The van der Waals surface area contributed by atoms with Gasteiger partial charge >= 0.3 is 0 Å². The molecule has 9 nitrogen and oxygen atoms in total. The lowest BCUT2D eigenvalue weighted by atomic mass is 9.78. The molecule has 34 heavy (non-hydrogen) atoms. The number of carbonyl (C=O) groups excluding carboxylic acids is 2. The number of hydrogen-bond donors (Lipinski definition) is 0. The van der Waals surface area contributed by atoms with Crippen LogP contribution in [0.4, 0.5) is 0 Å². The predicted molar refractivity (Wildman–Crippen MR) is 124 cm³/mol. The van der Waals surface area contributed by atoms with Crippen molar-refractivity contribution in [2.75, 3.05) is 61.8 Å². The number of rotatable bonds is 6. The van der Waals surface area contributed by atoms with Crippen molar-refractivity contribution in [2.45, 2.75) is 12.0 Å². The van der Waals surface area contributed by atoms with Crippen LogP contribution < -0.4 is 18.9 Å². The highest BCUT2D eigenvalue weighted by Gasteiger charge is 2.45. The van der Waals surface area contributed by atoms with E-state index in [0.717, 1.165) is 5.56 Å². The van der Waals surface area contributed by atoms with E-state index in [1.165, 1.54) is 14.2 Å². The molecule has 0 unspecified atom stereocenters. The van der Waals surface area contributed by atoms with Crippen molar-refractivity contribution in [2.24, 2.45) is 0 Å². The first-order chi connectivity index (χ1) is 16.4. The molecule has 182 valence electrons. The van der Waals surface area contributed by atoms with Gasteiger partial charge in [0.1, 0.15) is 0 Å². The molecule has 2 amide bonds. The fourth-order valence-corrected chi connectivity index (χ4v) is 4.75. The second-order valence-electron chi connectivity index (χ2n) is 8.19. The Kier molecular flexibility index (Phi) is 6.83. The molecule has 0 bridgehead atoms. The van der Waals surface area contributed by atoms with Crippen molar-refractivity contribution in [1.82, 2.24) is 9.80 Å². The van der Waals surface area contributed by atoms with Gasteiger partial charge < -0.3 is 33.5 Å². The third-order valence-corrected chi connectivity index (χ3v) is 6.51. The number of ether oxygens (including phenoxy) is 5. The number of benzene rings is 2. The summed E-state index contributed by atoms with van der Waals surface area (Å²) in [5.74, 6) is 1.05. The summed E-state index contributed by atoms with van der Waals surface area (Å²) in [5.41, 5.74) is 1.79. The second kappa shape index (κ2) is 9.80. The maximum Gasteiger partial charge on any atom is 0.254 e. The van der Waals surface area contributed by atoms with Crippen LogP contribution in [0.5, 0.6) is 23.0 Å². The highest BCUT2D eigenvalue weighted by atomic mass is 16.5. The first kappa shape index (κ1) is 23.7. The summed E-state index contributed by atoms with van der Waals surface area (Å²) in [5, 5.41) is 0. The van der Waals surface area contributed by atoms with Crippen LogP contribution in [0, 0.1) is 0 Å². The minimum Gasteiger partial charge on any atom is -0.493 e. The van der Waals surface area contributed by atoms with Gasteiger partial charge in [-0.25, -0.2) is 0 Å². The normalized spacial score (nSPS) is 20.0. The average Bonchev–Trinajstić information content (AvgIpc) is 2.89. The Hall–Kier alpha value is -3.46. The van der Waals surface area contributed by atoms with Gasteiger partial charge in [-0.1, -0.05) is 6.07 Å². The smallest absolute Gasteiger partial charge is 0.254 e. The lowest BCUT2D eigenvalue weighted by Gasteiger charge is -2.42. The number of hydrogen-bond acceptors (Lipinski definition) is 7. The van der Waals surface area contributed by atoms with E-state index in [0.29, 0.717) is 60.4 Å². The van der Waals surface area contributed by atoms with E-state index in [9.17, 15) is 9.59 Å². The Labute approximate surface area is 199 Å². The van der Waals surface area contributed by atoms with Crippen LogP contribution in [0.3, 0.4) is 0 Å². The standard InChI is InChI=1S/C25H30N2O7/c1-26-23(15-6-7-18(30-2)19(12-15)31-3)22(25(29)27-8-10-34-11-9-27)16-13-20(32-4)21(33-5)14-17(16)24(26)28/h6-7,12-14,22-23H,8-11H2,1-5H3/t22-,23+/m0/s1. The fraction of sp³-hybridized carbons (Fsp3) is 0.440. The molecule has 2 aliphatic rings. The molecule has 2 heterocycles. The molecule has 2 atom stereocenters. The van der Waals surface area contributed by atoms with Crippen molar-refractivity contribution in [3.63, 3.8) is 0 Å². The number of morpholine rings is 1. The molecule has 0 N–H and O–H groups in total. The van der Waals surface area contributed by atoms with Crippen LogP contribution in [0.15, 0.2) is 30.3 Å². The molecule has 2 aromatic carbocycles. The number of likely N-dealkylation sites (N-methyl/N-ethyl adjacent to an activating group) is 1. The lowest BCUT2D eigenvalue weighted by Crippen LogP contribution is -2.49. The van der Waals surface area contributed by atoms with Crippen LogP contribution in [0.1, 0.15) is 33.4 Å². The summed E-state index contributed by atoms with van der Waals surface area (Å²) >= 11 is 0. The largest absolute Gasteiger partial charge is 0.493 e. The minimum atomic E-state index is -0.659. The zero-order valence-electron chi connectivity index (χ0n) is 20.1. The average molecular weight is 471 g/mol. The Morgan fingerprint density at radius 2 is 1.47 bits per heavy atom. The third kappa shape index (κ3) is 4.00. The minimum absolute atomic E-state index is 0.0732. The topological polar surface area (TPSA) is 86.8 Å². The van der Waals surface area contributed by atoms with Crippen LogP contribution in [0.2, 0.25) is 0 Å². The van der Waals surface area contributed by atoms with E-state index in [4.69, 9.17) is 23.7 Å². The monoisotopic (exact) mass is 470 g/mol. The molecule has 1 fully saturated rings. The molecular formula is C25H30N2O7. The molecule has 0 aliphatic carbocycles. The maximum atomic E-state index is 14.0. The SMILES string of the molecule is COc1ccc([C@@H]2[C@@H](C(=O)N3CCOCC3)c3cc(OC)c(OC)cc3C(=O)N2C)cc1OC. The van der Waals surface area contributed by atoms with Crippen LogP contribution >= 0.6 is 0 Å². The van der Waals surface area contributed by atoms with E-state index in [1.54, 1.807) is 49.3 Å². The van der Waals surface area contributed by atoms with E-state index in [-0.39, 0.29) is 11.8 Å². The third-order valence-electron chi connectivity index (χ3n) is 6.51. The quantitative estimate of drug-likeness (QED) is 0.641. The summed E-state index contributed by atoms with van der Waals surface area (Å²) < 4.78 is 27.3. The number of nitrogens with zero attached hydrogens (tertiary/aromatic N) is 2.